The van der Waals surface area contributed by atoms with E-state index in [1.165, 1.54) is 12.8 Å². The molecule has 1 aromatic carbocycles. The van der Waals surface area contributed by atoms with Crippen LogP contribution in [0.5, 0.6) is 11.5 Å². The van der Waals surface area contributed by atoms with Crippen LogP contribution in [0, 0.1) is 0 Å². The second-order valence-electron chi connectivity index (χ2n) is 5.79. The largest absolute Gasteiger partial charge is 0.493 e. The Bertz CT molecular complexity index is 701. The number of nitrogen functional groups attached to an aromatic ring is 2. The molecule has 0 aliphatic carbocycles. The van der Waals surface area contributed by atoms with E-state index in [4.69, 9.17) is 20.9 Å². The summed E-state index contributed by atoms with van der Waals surface area (Å²) in [5, 5.41) is 0. The van der Waals surface area contributed by atoms with E-state index in [1.54, 1.807) is 13.3 Å². The zero-order valence-electron chi connectivity index (χ0n) is 13.9. The molecule has 24 heavy (non-hydrogen) atoms. The maximum Gasteiger partial charge on any atom is 0.221 e. The number of benzene rings is 1. The van der Waals surface area contributed by atoms with Gasteiger partial charge in [-0.3, -0.25) is 4.90 Å². The van der Waals surface area contributed by atoms with Crippen LogP contribution < -0.4 is 20.9 Å². The Kier molecular flexibility index (Phi) is 5.00. The number of nitrogens with zero attached hydrogens (tertiary/aromatic N) is 3. The van der Waals surface area contributed by atoms with Crippen LogP contribution in [0.25, 0.3) is 11.1 Å². The quantitative estimate of drug-likeness (QED) is 0.833. The van der Waals surface area contributed by atoms with Gasteiger partial charge in [0.25, 0.3) is 0 Å². The molecule has 7 heteroatoms. The van der Waals surface area contributed by atoms with Gasteiger partial charge in [-0.1, -0.05) is 6.07 Å². The van der Waals surface area contributed by atoms with Crippen LogP contribution in [0.15, 0.2) is 24.4 Å². The van der Waals surface area contributed by atoms with E-state index in [0.29, 0.717) is 23.9 Å². The molecular weight excluding hydrogens is 306 g/mol. The molecule has 1 aliphatic heterocycles. The molecule has 2 aromatic rings. The number of ether oxygens (including phenoxy) is 2. The first-order chi connectivity index (χ1) is 11.7. The molecule has 0 spiro atoms. The Morgan fingerprint density at radius 1 is 1.17 bits per heavy atom. The summed E-state index contributed by atoms with van der Waals surface area (Å²) in [6.45, 7) is 3.84. The van der Waals surface area contributed by atoms with Gasteiger partial charge in [0.2, 0.25) is 5.95 Å². The van der Waals surface area contributed by atoms with Crippen LogP contribution in [0.3, 0.4) is 0 Å². The molecule has 2 heterocycles. The number of aromatic nitrogens is 2. The minimum atomic E-state index is 0.159. The lowest BCUT2D eigenvalue weighted by Crippen LogP contribution is -2.25. The summed E-state index contributed by atoms with van der Waals surface area (Å²) in [6.07, 6.45) is 4.16. The lowest BCUT2D eigenvalue weighted by Gasteiger charge is -2.17. The van der Waals surface area contributed by atoms with E-state index in [2.05, 4.69) is 14.9 Å². The molecule has 1 fully saturated rings. The van der Waals surface area contributed by atoms with E-state index in [-0.39, 0.29) is 5.95 Å². The van der Waals surface area contributed by atoms with Gasteiger partial charge in [-0.05, 0) is 43.6 Å². The van der Waals surface area contributed by atoms with Gasteiger partial charge in [-0.15, -0.1) is 0 Å². The molecule has 0 bridgehead atoms. The normalized spacial score (nSPS) is 14.7. The predicted octanol–water partition coefficient (Wildman–Crippen LogP) is 1.79. The molecule has 1 aliphatic rings. The third-order valence-corrected chi connectivity index (χ3v) is 4.18. The molecule has 7 nitrogen and oxygen atoms in total. The van der Waals surface area contributed by atoms with Gasteiger partial charge in [0.1, 0.15) is 12.4 Å². The fourth-order valence-electron chi connectivity index (χ4n) is 2.88. The number of nitrogens with two attached hydrogens (primary N) is 2. The second-order valence-corrected chi connectivity index (χ2v) is 5.79. The molecular formula is C17H23N5O2. The molecule has 0 saturated carbocycles. The van der Waals surface area contributed by atoms with Gasteiger partial charge in [0.05, 0.1) is 7.11 Å². The summed E-state index contributed by atoms with van der Waals surface area (Å²) in [6, 6.07) is 5.65. The van der Waals surface area contributed by atoms with Crippen molar-refractivity contribution in [3.8, 4) is 22.6 Å². The Morgan fingerprint density at radius 2 is 1.96 bits per heavy atom. The average Bonchev–Trinajstić information content (AvgIpc) is 3.08. The molecule has 0 atom stereocenters. The fraction of sp³-hybridized carbons (Fsp3) is 0.412. The topological polar surface area (TPSA) is 99.5 Å². The van der Waals surface area contributed by atoms with Crippen LogP contribution in [0.2, 0.25) is 0 Å². The SMILES string of the molecule is COc1ccc(-c2cnc(N)nc2N)cc1OCCN1CCCC1. The van der Waals surface area contributed by atoms with Crippen molar-refractivity contribution >= 4 is 11.8 Å². The predicted molar refractivity (Wildman–Crippen MR) is 94.0 cm³/mol. The van der Waals surface area contributed by atoms with Crippen molar-refractivity contribution < 1.29 is 9.47 Å². The van der Waals surface area contributed by atoms with Crippen LogP contribution in [0.4, 0.5) is 11.8 Å². The number of likely N-dealkylation sites (tertiary alicyclic amines) is 1. The molecule has 0 radical (unpaired) electrons. The third-order valence-electron chi connectivity index (χ3n) is 4.18. The molecule has 0 unspecified atom stereocenters. The first kappa shape index (κ1) is 16.3. The van der Waals surface area contributed by atoms with Crippen molar-refractivity contribution in [3.05, 3.63) is 24.4 Å². The summed E-state index contributed by atoms with van der Waals surface area (Å²) in [4.78, 5) is 10.4. The molecule has 128 valence electrons. The second kappa shape index (κ2) is 7.35. The highest BCUT2D eigenvalue weighted by molar-refractivity contribution is 5.75. The van der Waals surface area contributed by atoms with Gasteiger partial charge < -0.3 is 20.9 Å². The van der Waals surface area contributed by atoms with E-state index in [9.17, 15) is 0 Å². The Labute approximate surface area is 141 Å². The van der Waals surface area contributed by atoms with Gasteiger partial charge in [-0.2, -0.15) is 4.98 Å². The van der Waals surface area contributed by atoms with Crippen molar-refractivity contribution in [2.24, 2.45) is 0 Å². The fourth-order valence-corrected chi connectivity index (χ4v) is 2.88. The number of rotatable bonds is 6. The van der Waals surface area contributed by atoms with Gasteiger partial charge in [0.15, 0.2) is 11.5 Å². The highest BCUT2D eigenvalue weighted by atomic mass is 16.5. The summed E-state index contributed by atoms with van der Waals surface area (Å²) >= 11 is 0. The van der Waals surface area contributed by atoms with Crippen LogP contribution in [-0.4, -0.2) is 48.2 Å². The number of hydrogen-bond acceptors (Lipinski definition) is 7. The van der Waals surface area contributed by atoms with Gasteiger partial charge >= 0.3 is 0 Å². The first-order valence-corrected chi connectivity index (χ1v) is 8.09. The van der Waals surface area contributed by atoms with E-state index < -0.39 is 0 Å². The number of hydrogen-bond donors (Lipinski definition) is 2. The van der Waals surface area contributed by atoms with Crippen molar-refractivity contribution in [3.63, 3.8) is 0 Å². The standard InChI is InChI=1S/C17H23N5O2/c1-23-14-5-4-12(13-11-20-17(19)21-16(13)18)10-15(14)24-9-8-22-6-2-3-7-22/h4-5,10-11H,2-3,6-9H2,1H3,(H4,18,19,20,21). The minimum Gasteiger partial charge on any atom is -0.493 e. The Hall–Kier alpha value is -2.54. The van der Waals surface area contributed by atoms with Crippen molar-refractivity contribution in [1.82, 2.24) is 14.9 Å². The van der Waals surface area contributed by atoms with Crippen molar-refractivity contribution in [2.45, 2.75) is 12.8 Å². The summed E-state index contributed by atoms with van der Waals surface area (Å²) in [5.74, 6) is 1.88. The molecule has 0 amide bonds. The maximum absolute atomic E-state index is 5.95. The molecule has 1 saturated heterocycles. The smallest absolute Gasteiger partial charge is 0.221 e. The van der Waals surface area contributed by atoms with Gasteiger partial charge in [0, 0.05) is 18.3 Å². The van der Waals surface area contributed by atoms with E-state index >= 15 is 0 Å². The van der Waals surface area contributed by atoms with E-state index in [1.807, 2.05) is 18.2 Å². The van der Waals surface area contributed by atoms with Crippen LogP contribution in [0.1, 0.15) is 12.8 Å². The first-order valence-electron chi connectivity index (χ1n) is 8.09. The van der Waals surface area contributed by atoms with Gasteiger partial charge in [-0.25, -0.2) is 4.98 Å². The van der Waals surface area contributed by atoms with Crippen molar-refractivity contribution in [1.29, 1.82) is 0 Å². The number of anilines is 2. The maximum atomic E-state index is 5.95. The number of methoxy groups -OCH3 is 1. The summed E-state index contributed by atoms with van der Waals surface area (Å²) in [5.41, 5.74) is 13.1. The molecule has 1 aromatic heterocycles. The van der Waals surface area contributed by atoms with E-state index in [0.717, 1.165) is 30.8 Å². The lowest BCUT2D eigenvalue weighted by molar-refractivity contribution is 0.230. The zero-order valence-corrected chi connectivity index (χ0v) is 13.9. The lowest BCUT2D eigenvalue weighted by atomic mass is 10.1. The third kappa shape index (κ3) is 3.68. The highest BCUT2D eigenvalue weighted by Gasteiger charge is 2.13. The average molecular weight is 329 g/mol. The summed E-state index contributed by atoms with van der Waals surface area (Å²) in [7, 11) is 1.63. The van der Waals surface area contributed by atoms with Crippen molar-refractivity contribution in [2.75, 3.05) is 44.8 Å². The summed E-state index contributed by atoms with van der Waals surface area (Å²) < 4.78 is 11.3. The zero-order chi connectivity index (χ0) is 16.9. The Morgan fingerprint density at radius 3 is 2.67 bits per heavy atom. The molecule has 3 rings (SSSR count). The minimum absolute atomic E-state index is 0.159. The monoisotopic (exact) mass is 329 g/mol. The highest BCUT2D eigenvalue weighted by Crippen LogP contribution is 2.34. The Balaban J connectivity index is 1.76. The van der Waals surface area contributed by atoms with Crippen LogP contribution >= 0.6 is 0 Å². The van der Waals surface area contributed by atoms with Crippen LogP contribution in [-0.2, 0) is 0 Å². The molecule has 4 N–H and O–H groups in total.